The third kappa shape index (κ3) is 31.0. The van der Waals surface area contributed by atoms with Crippen molar-refractivity contribution in [3.05, 3.63) is 0 Å². The van der Waals surface area contributed by atoms with E-state index < -0.39 is 11.9 Å². The number of carboxylic acids is 2. The SMILES string of the molecule is CCOCCCOCOCC(=O)O.COCCOCCOCC(=O)O. The Hall–Kier alpha value is -1.30. The molecule has 0 saturated carbocycles. The first-order valence-corrected chi connectivity index (χ1v) is 7.85. The Morgan fingerprint density at radius 2 is 1.28 bits per heavy atom. The van der Waals surface area contributed by atoms with E-state index in [1.807, 2.05) is 6.92 Å². The number of hydrogen-bond donors (Lipinski definition) is 2. The quantitative estimate of drug-likeness (QED) is 0.271. The van der Waals surface area contributed by atoms with Gasteiger partial charge in [-0.1, -0.05) is 0 Å². The van der Waals surface area contributed by atoms with Gasteiger partial charge in [-0.05, 0) is 13.3 Å². The highest BCUT2D eigenvalue weighted by Crippen LogP contribution is 1.86. The van der Waals surface area contributed by atoms with Crippen molar-refractivity contribution in [2.45, 2.75) is 13.3 Å². The zero-order valence-electron chi connectivity index (χ0n) is 14.9. The number of carboxylic acid groups (broad SMARTS) is 2. The Bertz CT molecular complexity index is 298. The van der Waals surface area contributed by atoms with Crippen LogP contribution < -0.4 is 0 Å². The van der Waals surface area contributed by atoms with E-state index in [1.54, 1.807) is 7.11 Å². The summed E-state index contributed by atoms with van der Waals surface area (Å²) >= 11 is 0. The summed E-state index contributed by atoms with van der Waals surface area (Å²) in [4.78, 5) is 19.9. The molecule has 10 nitrogen and oxygen atoms in total. The second-order valence-electron chi connectivity index (χ2n) is 4.37. The zero-order chi connectivity index (χ0) is 19.2. The number of aliphatic carboxylic acids is 2. The van der Waals surface area contributed by atoms with Crippen LogP contribution in [0.2, 0.25) is 0 Å². The lowest BCUT2D eigenvalue weighted by molar-refractivity contribution is -0.148. The molecule has 2 N–H and O–H groups in total. The largest absolute Gasteiger partial charge is 0.480 e. The van der Waals surface area contributed by atoms with E-state index >= 15 is 0 Å². The maximum Gasteiger partial charge on any atom is 0.329 e. The van der Waals surface area contributed by atoms with Crippen molar-refractivity contribution >= 4 is 11.9 Å². The predicted octanol–water partition coefficient (Wildman–Crippen LogP) is 0.239. The van der Waals surface area contributed by atoms with E-state index in [0.717, 1.165) is 6.42 Å². The summed E-state index contributed by atoms with van der Waals surface area (Å²) in [5.74, 6) is -1.95. The molecular formula is C15H30O10. The van der Waals surface area contributed by atoms with Crippen LogP contribution in [0.15, 0.2) is 0 Å². The van der Waals surface area contributed by atoms with Crippen molar-refractivity contribution in [1.82, 2.24) is 0 Å². The molecule has 0 aliphatic carbocycles. The van der Waals surface area contributed by atoms with Gasteiger partial charge >= 0.3 is 11.9 Å². The Labute approximate surface area is 147 Å². The molecular weight excluding hydrogens is 340 g/mol. The number of rotatable bonds is 17. The highest BCUT2D eigenvalue weighted by molar-refractivity contribution is 5.68. The van der Waals surface area contributed by atoms with Crippen LogP contribution in [-0.2, 0) is 38.0 Å². The standard InChI is InChI=1S/C8H16O5.C7H14O5/c1-2-11-4-3-5-12-7-13-6-8(9)10;1-10-2-3-11-4-5-12-6-7(8)9/h2-7H2,1H3,(H,9,10);2-6H2,1H3,(H,8,9). The Balaban J connectivity index is 0. The maximum absolute atomic E-state index is 9.97. The normalized spacial score (nSPS) is 10.2. The molecule has 0 rings (SSSR count). The zero-order valence-corrected chi connectivity index (χ0v) is 14.9. The van der Waals surface area contributed by atoms with Crippen molar-refractivity contribution in [2.24, 2.45) is 0 Å². The van der Waals surface area contributed by atoms with Crippen molar-refractivity contribution in [3.8, 4) is 0 Å². The van der Waals surface area contributed by atoms with Gasteiger partial charge in [0.25, 0.3) is 0 Å². The first kappa shape index (κ1) is 25.9. The van der Waals surface area contributed by atoms with Crippen LogP contribution in [0.4, 0.5) is 0 Å². The van der Waals surface area contributed by atoms with Crippen molar-refractivity contribution < 1.29 is 48.2 Å². The number of carbonyl (C=O) groups is 2. The third-order valence-electron chi connectivity index (χ3n) is 2.20. The second-order valence-corrected chi connectivity index (χ2v) is 4.37. The second kappa shape index (κ2) is 22.7. The van der Waals surface area contributed by atoms with Crippen LogP contribution in [0.25, 0.3) is 0 Å². The number of hydrogen-bond acceptors (Lipinski definition) is 8. The molecule has 10 heteroatoms. The lowest BCUT2D eigenvalue weighted by Crippen LogP contribution is -2.12. The van der Waals surface area contributed by atoms with E-state index in [-0.39, 0.29) is 20.0 Å². The van der Waals surface area contributed by atoms with Gasteiger partial charge in [-0.3, -0.25) is 0 Å². The highest BCUT2D eigenvalue weighted by Gasteiger charge is 1.96. The van der Waals surface area contributed by atoms with Gasteiger partial charge in [0.1, 0.15) is 20.0 Å². The van der Waals surface area contributed by atoms with Gasteiger partial charge in [-0.25, -0.2) is 9.59 Å². The molecule has 0 saturated heterocycles. The summed E-state index contributed by atoms with van der Waals surface area (Å²) in [6, 6.07) is 0. The molecule has 0 aromatic rings. The fourth-order valence-electron chi connectivity index (χ4n) is 1.18. The molecule has 0 aromatic carbocycles. The van der Waals surface area contributed by atoms with Crippen molar-refractivity contribution in [1.29, 1.82) is 0 Å². The van der Waals surface area contributed by atoms with Crippen LogP contribution in [0.3, 0.4) is 0 Å². The molecule has 25 heavy (non-hydrogen) atoms. The fourth-order valence-corrected chi connectivity index (χ4v) is 1.18. The van der Waals surface area contributed by atoms with Crippen LogP contribution in [-0.4, -0.2) is 95.5 Å². The average Bonchev–Trinajstić information content (AvgIpc) is 2.56. The van der Waals surface area contributed by atoms with Gasteiger partial charge < -0.3 is 38.6 Å². The molecule has 0 heterocycles. The van der Waals surface area contributed by atoms with E-state index in [4.69, 9.17) is 33.9 Å². The molecule has 0 aromatic heterocycles. The summed E-state index contributed by atoms with van der Waals surface area (Å²) in [5, 5.41) is 16.4. The summed E-state index contributed by atoms with van der Waals surface area (Å²) in [6.07, 6.45) is 0.796. The monoisotopic (exact) mass is 370 g/mol. The smallest absolute Gasteiger partial charge is 0.329 e. The van der Waals surface area contributed by atoms with Crippen molar-refractivity contribution in [2.75, 3.05) is 73.4 Å². The summed E-state index contributed by atoms with van der Waals surface area (Å²) in [7, 11) is 1.59. The first-order valence-electron chi connectivity index (χ1n) is 7.85. The van der Waals surface area contributed by atoms with E-state index in [9.17, 15) is 9.59 Å². The van der Waals surface area contributed by atoms with Crippen molar-refractivity contribution in [3.63, 3.8) is 0 Å². The summed E-state index contributed by atoms with van der Waals surface area (Å²) < 4.78 is 29.1. The van der Waals surface area contributed by atoms with E-state index in [2.05, 4.69) is 4.74 Å². The highest BCUT2D eigenvalue weighted by atomic mass is 16.7. The molecule has 0 aliphatic heterocycles. The lowest BCUT2D eigenvalue weighted by atomic mass is 10.5. The Morgan fingerprint density at radius 1 is 0.720 bits per heavy atom. The Morgan fingerprint density at radius 3 is 1.88 bits per heavy atom. The van der Waals surface area contributed by atoms with Crippen LogP contribution in [0.1, 0.15) is 13.3 Å². The van der Waals surface area contributed by atoms with Gasteiger partial charge in [0.05, 0.1) is 33.0 Å². The predicted molar refractivity (Wildman–Crippen MR) is 86.7 cm³/mol. The minimum Gasteiger partial charge on any atom is -0.480 e. The lowest BCUT2D eigenvalue weighted by Gasteiger charge is -2.03. The first-order chi connectivity index (χ1) is 12.0. The fraction of sp³-hybridized carbons (Fsp3) is 0.867. The minimum absolute atomic E-state index is 0.0262. The van der Waals surface area contributed by atoms with Gasteiger partial charge in [0.2, 0.25) is 0 Å². The minimum atomic E-state index is -0.988. The maximum atomic E-state index is 9.97. The van der Waals surface area contributed by atoms with Gasteiger partial charge in [0.15, 0.2) is 0 Å². The third-order valence-corrected chi connectivity index (χ3v) is 2.20. The van der Waals surface area contributed by atoms with Crippen LogP contribution in [0, 0.1) is 0 Å². The molecule has 150 valence electrons. The summed E-state index contributed by atoms with van der Waals surface area (Å²) in [5.41, 5.74) is 0. The molecule has 0 bridgehead atoms. The van der Waals surface area contributed by atoms with Gasteiger partial charge in [-0.2, -0.15) is 0 Å². The molecule has 0 spiro atoms. The number of ether oxygens (including phenoxy) is 6. The molecule has 0 radical (unpaired) electrons. The van der Waals surface area contributed by atoms with E-state index in [1.165, 1.54) is 0 Å². The van der Waals surface area contributed by atoms with Gasteiger partial charge in [-0.15, -0.1) is 0 Å². The van der Waals surface area contributed by atoms with Crippen LogP contribution >= 0.6 is 0 Å². The van der Waals surface area contributed by atoms with Gasteiger partial charge in [0, 0.05) is 20.3 Å². The van der Waals surface area contributed by atoms with Crippen LogP contribution in [0.5, 0.6) is 0 Å². The number of methoxy groups -OCH3 is 1. The molecule has 0 amide bonds. The van der Waals surface area contributed by atoms with E-state index in [0.29, 0.717) is 46.2 Å². The molecule has 0 atom stereocenters. The average molecular weight is 370 g/mol. The molecule has 0 fully saturated rings. The molecule has 0 aliphatic rings. The molecule has 0 unspecified atom stereocenters. The topological polar surface area (TPSA) is 130 Å². The Kier molecular flexibility index (Phi) is 23.5. The summed E-state index contributed by atoms with van der Waals surface area (Å²) in [6.45, 7) is 5.01.